The molecule has 1 heterocycles. The highest BCUT2D eigenvalue weighted by atomic mass is 35.5. The molecule has 1 aromatic heterocycles. The van der Waals surface area contributed by atoms with Gasteiger partial charge < -0.3 is 0 Å². The van der Waals surface area contributed by atoms with Crippen molar-refractivity contribution in [1.29, 1.82) is 0 Å². The Morgan fingerprint density at radius 2 is 2.16 bits per heavy atom. The summed E-state index contributed by atoms with van der Waals surface area (Å²) in [5, 5.41) is 4.92. The molecule has 1 aliphatic carbocycles. The molecule has 1 unspecified atom stereocenters. The van der Waals surface area contributed by atoms with E-state index in [4.69, 9.17) is 17.4 Å². The van der Waals surface area contributed by atoms with Crippen LogP contribution in [-0.2, 0) is 7.05 Å². The Balaban J connectivity index is 2.04. The van der Waals surface area contributed by atoms with Crippen LogP contribution in [0.2, 0.25) is 5.02 Å². The van der Waals surface area contributed by atoms with Gasteiger partial charge in [0.15, 0.2) is 0 Å². The van der Waals surface area contributed by atoms with E-state index in [0.717, 1.165) is 11.6 Å². The zero-order valence-electron chi connectivity index (χ0n) is 11.9. The van der Waals surface area contributed by atoms with Gasteiger partial charge >= 0.3 is 0 Å². The molecular formula is C14H25ClN4. The Morgan fingerprint density at radius 1 is 1.47 bits per heavy atom. The van der Waals surface area contributed by atoms with Crippen molar-refractivity contribution in [3.8, 4) is 0 Å². The largest absolute Gasteiger partial charge is 0.271 e. The predicted molar refractivity (Wildman–Crippen MR) is 78.6 cm³/mol. The van der Waals surface area contributed by atoms with Crippen molar-refractivity contribution >= 4 is 11.6 Å². The van der Waals surface area contributed by atoms with Crippen LogP contribution in [0.1, 0.15) is 57.2 Å². The molecule has 0 spiro atoms. The Bertz CT molecular complexity index is 377. The number of hydrazine groups is 1. The molecule has 4 nitrogen and oxygen atoms in total. The highest BCUT2D eigenvalue weighted by molar-refractivity contribution is 6.31. The van der Waals surface area contributed by atoms with Crippen molar-refractivity contribution in [3.63, 3.8) is 0 Å². The number of aromatic nitrogens is 2. The zero-order valence-corrected chi connectivity index (χ0v) is 12.7. The van der Waals surface area contributed by atoms with Gasteiger partial charge in [-0.05, 0) is 24.7 Å². The fourth-order valence-electron chi connectivity index (χ4n) is 3.43. The van der Waals surface area contributed by atoms with E-state index >= 15 is 0 Å². The second-order valence-electron chi connectivity index (χ2n) is 5.72. The fraction of sp³-hybridized carbons (Fsp3) is 0.786. The molecule has 5 heteroatoms. The number of halogens is 1. The lowest BCUT2D eigenvalue weighted by molar-refractivity contribution is 0.210. The van der Waals surface area contributed by atoms with E-state index in [9.17, 15) is 0 Å². The molecule has 0 saturated heterocycles. The van der Waals surface area contributed by atoms with Crippen LogP contribution in [0.5, 0.6) is 0 Å². The van der Waals surface area contributed by atoms with Crippen LogP contribution < -0.4 is 11.3 Å². The molecule has 1 aromatic rings. The van der Waals surface area contributed by atoms with Crippen molar-refractivity contribution in [2.24, 2.45) is 24.7 Å². The van der Waals surface area contributed by atoms with Crippen LogP contribution >= 0.6 is 11.6 Å². The second kappa shape index (κ2) is 6.73. The molecule has 108 valence electrons. The van der Waals surface area contributed by atoms with E-state index in [0.29, 0.717) is 10.9 Å². The monoisotopic (exact) mass is 284 g/mol. The summed E-state index contributed by atoms with van der Waals surface area (Å²) < 4.78 is 1.84. The van der Waals surface area contributed by atoms with Gasteiger partial charge in [0.2, 0.25) is 0 Å². The third-order valence-electron chi connectivity index (χ3n) is 4.47. The lowest BCUT2D eigenvalue weighted by Crippen LogP contribution is -2.36. The summed E-state index contributed by atoms with van der Waals surface area (Å²) >= 11 is 6.24. The summed E-state index contributed by atoms with van der Waals surface area (Å²) in [7, 11) is 1.92. The Labute approximate surface area is 120 Å². The lowest BCUT2D eigenvalue weighted by Gasteiger charge is -2.33. The maximum absolute atomic E-state index is 6.24. The highest BCUT2D eigenvalue weighted by Gasteiger charge is 2.30. The van der Waals surface area contributed by atoms with Gasteiger partial charge in [0.25, 0.3) is 0 Å². The Kier molecular flexibility index (Phi) is 5.25. The third kappa shape index (κ3) is 3.30. The molecule has 1 fully saturated rings. The number of nitrogens with one attached hydrogen (secondary N) is 1. The molecule has 0 aliphatic heterocycles. The normalized spacial score (nSPS) is 25.5. The van der Waals surface area contributed by atoms with E-state index in [1.54, 1.807) is 6.20 Å². The van der Waals surface area contributed by atoms with Crippen LogP contribution in [-0.4, -0.2) is 9.78 Å². The van der Waals surface area contributed by atoms with Gasteiger partial charge in [-0.25, -0.2) is 0 Å². The first-order chi connectivity index (χ1) is 9.17. The van der Waals surface area contributed by atoms with Crippen LogP contribution in [0.25, 0.3) is 0 Å². The van der Waals surface area contributed by atoms with Crippen LogP contribution in [0.15, 0.2) is 6.20 Å². The molecule has 1 atom stereocenters. The second-order valence-corrected chi connectivity index (χ2v) is 6.12. The topological polar surface area (TPSA) is 55.9 Å². The molecule has 2 rings (SSSR count). The maximum Gasteiger partial charge on any atom is 0.0834 e. The van der Waals surface area contributed by atoms with Crippen molar-refractivity contribution in [3.05, 3.63) is 16.9 Å². The first kappa shape index (κ1) is 14.8. The first-order valence-corrected chi connectivity index (χ1v) is 7.68. The Hall–Kier alpha value is -0.580. The summed E-state index contributed by atoms with van der Waals surface area (Å²) in [5.41, 5.74) is 3.97. The van der Waals surface area contributed by atoms with Crippen molar-refractivity contribution in [1.82, 2.24) is 15.2 Å². The van der Waals surface area contributed by atoms with Gasteiger partial charge in [-0.1, -0.05) is 44.2 Å². The average molecular weight is 285 g/mol. The van der Waals surface area contributed by atoms with Gasteiger partial charge in [0.1, 0.15) is 0 Å². The van der Waals surface area contributed by atoms with Gasteiger partial charge in [-0.2, -0.15) is 5.10 Å². The number of rotatable bonds is 5. The summed E-state index contributed by atoms with van der Waals surface area (Å²) in [6.07, 6.45) is 9.42. The quantitative estimate of drug-likeness (QED) is 0.645. The average Bonchev–Trinajstić information content (AvgIpc) is 2.74. The van der Waals surface area contributed by atoms with Gasteiger partial charge in [-0.15, -0.1) is 0 Å². The maximum atomic E-state index is 6.24. The summed E-state index contributed by atoms with van der Waals surface area (Å²) in [6, 6.07) is 0.113. The smallest absolute Gasteiger partial charge is 0.0834 e. The molecule has 0 amide bonds. The standard InChI is InChI=1S/C14H25ClN4/c1-3-4-10-5-7-11(8-6-10)13(18-16)14-12(15)9-17-19(14)2/h9-11,13,18H,3-8,16H2,1-2H3. The first-order valence-electron chi connectivity index (χ1n) is 7.30. The molecular weight excluding hydrogens is 260 g/mol. The number of aryl methyl sites for hydroxylation is 1. The third-order valence-corrected chi connectivity index (χ3v) is 4.76. The summed E-state index contributed by atoms with van der Waals surface area (Å²) in [5.74, 6) is 7.24. The minimum atomic E-state index is 0.113. The highest BCUT2D eigenvalue weighted by Crippen LogP contribution is 2.39. The predicted octanol–water partition coefficient (Wildman–Crippen LogP) is 3.18. The van der Waals surface area contributed by atoms with Crippen LogP contribution in [0, 0.1) is 11.8 Å². The minimum absolute atomic E-state index is 0.113. The molecule has 19 heavy (non-hydrogen) atoms. The van der Waals surface area contributed by atoms with Gasteiger partial charge in [0.05, 0.1) is 23.0 Å². The molecule has 0 radical (unpaired) electrons. The lowest BCUT2D eigenvalue weighted by atomic mass is 9.76. The molecule has 0 aromatic carbocycles. The van der Waals surface area contributed by atoms with E-state index in [1.165, 1.54) is 38.5 Å². The van der Waals surface area contributed by atoms with Crippen molar-refractivity contribution < 1.29 is 0 Å². The number of hydrogen-bond donors (Lipinski definition) is 2. The summed E-state index contributed by atoms with van der Waals surface area (Å²) in [4.78, 5) is 0. The SMILES string of the molecule is CCCC1CCC(C(NN)c2c(Cl)cnn2C)CC1. The molecule has 1 saturated carbocycles. The number of nitrogens with two attached hydrogens (primary N) is 1. The number of hydrogen-bond acceptors (Lipinski definition) is 3. The zero-order chi connectivity index (χ0) is 13.8. The van der Waals surface area contributed by atoms with Gasteiger partial charge in [0, 0.05) is 7.05 Å². The van der Waals surface area contributed by atoms with Crippen molar-refractivity contribution in [2.45, 2.75) is 51.5 Å². The van der Waals surface area contributed by atoms with E-state index in [1.807, 2.05) is 11.7 Å². The number of nitrogens with zero attached hydrogens (tertiary/aromatic N) is 2. The van der Waals surface area contributed by atoms with Gasteiger partial charge in [-0.3, -0.25) is 16.0 Å². The molecule has 0 bridgehead atoms. The van der Waals surface area contributed by atoms with Crippen LogP contribution in [0.3, 0.4) is 0 Å². The summed E-state index contributed by atoms with van der Waals surface area (Å²) in [6.45, 7) is 2.27. The molecule has 1 aliphatic rings. The molecule has 3 N–H and O–H groups in total. The van der Waals surface area contributed by atoms with E-state index in [-0.39, 0.29) is 6.04 Å². The van der Waals surface area contributed by atoms with Crippen molar-refractivity contribution in [2.75, 3.05) is 0 Å². The van der Waals surface area contributed by atoms with E-state index in [2.05, 4.69) is 17.4 Å². The minimum Gasteiger partial charge on any atom is -0.271 e. The Morgan fingerprint density at radius 3 is 2.63 bits per heavy atom. The van der Waals surface area contributed by atoms with E-state index < -0.39 is 0 Å². The van der Waals surface area contributed by atoms with Crippen LogP contribution in [0.4, 0.5) is 0 Å². The fourth-order valence-corrected chi connectivity index (χ4v) is 3.71.